The molecule has 0 bridgehead atoms. The Bertz CT molecular complexity index is 235. The van der Waals surface area contributed by atoms with Gasteiger partial charge in [-0.2, -0.15) is 0 Å². The van der Waals surface area contributed by atoms with Gasteiger partial charge in [0.15, 0.2) is 5.78 Å². The number of unbranched alkanes of at least 4 members (excludes halogenated alkanes) is 1. The van der Waals surface area contributed by atoms with Gasteiger partial charge in [-0.15, -0.1) is 0 Å². The third kappa shape index (κ3) is 17.0. The maximum atomic E-state index is 11.2. The molecule has 0 unspecified atom stereocenters. The first-order valence-electron chi connectivity index (χ1n) is 7.00. The molecule has 122 valence electrons. The van der Waals surface area contributed by atoms with Gasteiger partial charge in [0, 0.05) is 12.6 Å². The van der Waals surface area contributed by atoms with Crippen LogP contribution in [0.5, 0.6) is 0 Å². The van der Waals surface area contributed by atoms with Crippen LogP contribution in [0.2, 0.25) is 0 Å². The van der Waals surface area contributed by atoms with Gasteiger partial charge in [-0.1, -0.05) is 34.6 Å². The third-order valence-electron chi connectivity index (χ3n) is 2.52. The molecule has 1 atom stereocenters. The molecule has 0 aliphatic rings. The minimum Gasteiger partial charge on any atom is -0.369 e. The van der Waals surface area contributed by atoms with Gasteiger partial charge in [0.2, 0.25) is 5.91 Å². The van der Waals surface area contributed by atoms with Gasteiger partial charge in [-0.25, -0.2) is 0 Å². The standard InChI is InChI=1S/C11H24N4O2.C2H6.CH4/c1-9(11(13)17)4-2-3-5-14-6-10(16)7-15-8-12;1-2;/h9,14-15H,2-8,12H2,1H3,(H2,13,17);1-2H3;1H4/t9-;;/m0../s1. The fourth-order valence-corrected chi connectivity index (χ4v) is 1.34. The zero-order valence-electron chi connectivity index (χ0n) is 12.5. The topological polar surface area (TPSA) is 110 Å². The summed E-state index contributed by atoms with van der Waals surface area (Å²) in [5.74, 6) is -0.215. The number of carbonyl (C=O) groups excluding carboxylic acids is 2. The molecule has 0 spiro atoms. The van der Waals surface area contributed by atoms with Gasteiger partial charge in [0.25, 0.3) is 0 Å². The fourth-order valence-electron chi connectivity index (χ4n) is 1.34. The highest BCUT2D eigenvalue weighted by molar-refractivity contribution is 5.82. The van der Waals surface area contributed by atoms with E-state index in [9.17, 15) is 9.59 Å². The summed E-state index contributed by atoms with van der Waals surface area (Å²) in [5.41, 5.74) is 10.3. The lowest BCUT2D eigenvalue weighted by atomic mass is 10.0. The van der Waals surface area contributed by atoms with E-state index in [0.717, 1.165) is 25.8 Å². The third-order valence-corrected chi connectivity index (χ3v) is 2.52. The van der Waals surface area contributed by atoms with E-state index in [1.165, 1.54) is 0 Å². The first kappa shape index (κ1) is 24.1. The summed E-state index contributed by atoms with van der Waals surface area (Å²) in [6.45, 7) is 7.59. The van der Waals surface area contributed by atoms with Gasteiger partial charge in [-0.3, -0.25) is 14.9 Å². The highest BCUT2D eigenvalue weighted by atomic mass is 16.1. The zero-order valence-corrected chi connectivity index (χ0v) is 12.5. The summed E-state index contributed by atoms with van der Waals surface area (Å²) in [5, 5.41) is 5.81. The molecule has 0 aromatic carbocycles. The van der Waals surface area contributed by atoms with Crippen molar-refractivity contribution in [1.29, 1.82) is 0 Å². The Kier molecular flexibility index (Phi) is 21.7. The quantitative estimate of drug-likeness (QED) is 0.329. The maximum absolute atomic E-state index is 11.2. The van der Waals surface area contributed by atoms with Crippen LogP contribution in [0.3, 0.4) is 0 Å². The summed E-state index contributed by atoms with van der Waals surface area (Å²) in [7, 11) is 0. The second-order valence-corrected chi connectivity index (χ2v) is 4.15. The lowest BCUT2D eigenvalue weighted by molar-refractivity contribution is -0.121. The number of Topliss-reactive ketones (excluding diaryl/α,β-unsaturated/α-hetero) is 1. The van der Waals surface area contributed by atoms with Crippen LogP contribution in [0.25, 0.3) is 0 Å². The first-order valence-corrected chi connectivity index (χ1v) is 7.00. The predicted octanol–water partition coefficient (Wildman–Crippen LogP) is 0.605. The van der Waals surface area contributed by atoms with Crippen molar-refractivity contribution in [2.24, 2.45) is 17.4 Å². The molecule has 0 aromatic heterocycles. The zero-order chi connectivity index (χ0) is 15.1. The molecule has 0 saturated carbocycles. The second kappa shape index (κ2) is 18.0. The van der Waals surface area contributed by atoms with Gasteiger partial charge in [0.1, 0.15) is 0 Å². The maximum Gasteiger partial charge on any atom is 0.220 e. The highest BCUT2D eigenvalue weighted by Gasteiger charge is 2.07. The van der Waals surface area contributed by atoms with E-state index in [4.69, 9.17) is 11.5 Å². The molecular weight excluding hydrogens is 256 g/mol. The Balaban J connectivity index is -0.000000916. The molecule has 20 heavy (non-hydrogen) atoms. The van der Waals surface area contributed by atoms with Crippen LogP contribution in [0.15, 0.2) is 0 Å². The van der Waals surface area contributed by atoms with Crippen LogP contribution in [-0.4, -0.2) is 38.0 Å². The van der Waals surface area contributed by atoms with Gasteiger partial charge in [-0.05, 0) is 19.4 Å². The van der Waals surface area contributed by atoms with Crippen LogP contribution in [0.4, 0.5) is 0 Å². The van der Waals surface area contributed by atoms with Gasteiger partial charge in [0.05, 0.1) is 13.1 Å². The Labute approximate surface area is 124 Å². The number of hydrogen-bond donors (Lipinski definition) is 4. The monoisotopic (exact) mass is 290 g/mol. The molecule has 0 rings (SSSR count). The number of amides is 1. The van der Waals surface area contributed by atoms with Crippen molar-refractivity contribution < 1.29 is 9.59 Å². The van der Waals surface area contributed by atoms with Crippen molar-refractivity contribution in [1.82, 2.24) is 10.6 Å². The molecular formula is C14H34N4O2. The van der Waals surface area contributed by atoms with E-state index in [-0.39, 0.29) is 25.0 Å². The highest BCUT2D eigenvalue weighted by Crippen LogP contribution is 2.05. The SMILES string of the molecule is C.CC.C[C@@H](CCCCNCC(=O)CNCN)C(N)=O. The number of ketones is 1. The summed E-state index contributed by atoms with van der Waals surface area (Å²) in [4.78, 5) is 21.9. The Morgan fingerprint density at radius 1 is 1.10 bits per heavy atom. The minimum absolute atomic E-state index is 0. The molecule has 0 radical (unpaired) electrons. The molecule has 0 fully saturated rings. The molecule has 0 aromatic rings. The van der Waals surface area contributed by atoms with E-state index < -0.39 is 0 Å². The van der Waals surface area contributed by atoms with E-state index in [2.05, 4.69) is 10.6 Å². The number of nitrogens with one attached hydrogen (secondary N) is 2. The molecule has 6 N–H and O–H groups in total. The summed E-state index contributed by atoms with van der Waals surface area (Å²) >= 11 is 0. The Morgan fingerprint density at radius 2 is 1.65 bits per heavy atom. The number of primary amides is 1. The van der Waals surface area contributed by atoms with Crippen LogP contribution in [0, 0.1) is 5.92 Å². The molecule has 6 heteroatoms. The van der Waals surface area contributed by atoms with Crippen molar-refractivity contribution in [3.05, 3.63) is 0 Å². The van der Waals surface area contributed by atoms with Crippen molar-refractivity contribution in [3.63, 3.8) is 0 Å². The van der Waals surface area contributed by atoms with Crippen LogP contribution < -0.4 is 22.1 Å². The average molecular weight is 290 g/mol. The molecule has 0 aliphatic carbocycles. The molecule has 0 saturated heterocycles. The second-order valence-electron chi connectivity index (χ2n) is 4.15. The van der Waals surface area contributed by atoms with E-state index in [1.807, 2.05) is 20.8 Å². The van der Waals surface area contributed by atoms with Crippen LogP contribution in [-0.2, 0) is 9.59 Å². The van der Waals surface area contributed by atoms with Crippen molar-refractivity contribution >= 4 is 11.7 Å². The van der Waals surface area contributed by atoms with Crippen LogP contribution >= 0.6 is 0 Å². The normalized spacial score (nSPS) is 10.8. The number of carbonyl (C=O) groups is 2. The molecule has 0 aliphatic heterocycles. The van der Waals surface area contributed by atoms with Gasteiger partial charge >= 0.3 is 0 Å². The Morgan fingerprint density at radius 3 is 2.15 bits per heavy atom. The van der Waals surface area contributed by atoms with Crippen LogP contribution in [0.1, 0.15) is 47.5 Å². The van der Waals surface area contributed by atoms with Crippen molar-refractivity contribution in [2.45, 2.75) is 47.5 Å². The minimum atomic E-state index is -0.249. The summed E-state index contributed by atoms with van der Waals surface area (Å²) in [6.07, 6.45) is 2.68. The smallest absolute Gasteiger partial charge is 0.220 e. The predicted molar refractivity (Wildman–Crippen MR) is 85.2 cm³/mol. The van der Waals surface area contributed by atoms with E-state index in [0.29, 0.717) is 19.8 Å². The molecule has 6 nitrogen and oxygen atoms in total. The molecule has 1 amide bonds. The summed E-state index contributed by atoms with van der Waals surface area (Å²) < 4.78 is 0. The number of rotatable bonds is 11. The van der Waals surface area contributed by atoms with Gasteiger partial charge < -0.3 is 16.8 Å². The van der Waals surface area contributed by atoms with E-state index >= 15 is 0 Å². The lowest BCUT2D eigenvalue weighted by Crippen LogP contribution is -2.34. The Hall–Kier alpha value is -0.980. The number of hydrogen-bond acceptors (Lipinski definition) is 5. The first-order chi connectivity index (χ1) is 9.07. The van der Waals surface area contributed by atoms with Crippen molar-refractivity contribution in [2.75, 3.05) is 26.3 Å². The fraction of sp³-hybridized carbons (Fsp3) is 0.857. The van der Waals surface area contributed by atoms with E-state index in [1.54, 1.807) is 0 Å². The largest absolute Gasteiger partial charge is 0.369 e. The summed E-state index contributed by atoms with van der Waals surface area (Å²) in [6, 6.07) is 0. The number of nitrogens with two attached hydrogens (primary N) is 2. The lowest BCUT2D eigenvalue weighted by Gasteiger charge is -2.07. The average Bonchev–Trinajstić information content (AvgIpc) is 2.42. The molecule has 0 heterocycles. The van der Waals surface area contributed by atoms with Crippen molar-refractivity contribution in [3.8, 4) is 0 Å².